The van der Waals surface area contributed by atoms with Gasteiger partial charge in [0.1, 0.15) is 11.6 Å². The average molecular weight is 282 g/mol. The fourth-order valence-electron chi connectivity index (χ4n) is 2.25. The molecule has 7 nitrogen and oxygen atoms in total. The highest BCUT2D eigenvalue weighted by molar-refractivity contribution is 5.57. The van der Waals surface area contributed by atoms with Crippen molar-refractivity contribution in [1.82, 2.24) is 25.2 Å². The van der Waals surface area contributed by atoms with Crippen LogP contribution >= 0.6 is 0 Å². The summed E-state index contributed by atoms with van der Waals surface area (Å²) >= 11 is 0. The summed E-state index contributed by atoms with van der Waals surface area (Å²) in [5, 5.41) is 1.87. The van der Waals surface area contributed by atoms with Crippen molar-refractivity contribution in [3.05, 3.63) is 60.7 Å². The number of aromatic nitrogens is 3. The molecule has 21 heavy (non-hydrogen) atoms. The topological polar surface area (TPSA) is 71.2 Å². The molecule has 0 fully saturated rings. The lowest BCUT2D eigenvalue weighted by atomic mass is 10.2. The molecule has 0 aromatic carbocycles. The fourth-order valence-corrected chi connectivity index (χ4v) is 2.25. The highest BCUT2D eigenvalue weighted by Gasteiger charge is 2.21. The van der Waals surface area contributed by atoms with Gasteiger partial charge in [-0.15, -0.1) is 5.12 Å². The first-order chi connectivity index (χ1) is 10.4. The number of rotatable bonds is 4. The van der Waals surface area contributed by atoms with Crippen molar-refractivity contribution in [2.75, 3.05) is 5.53 Å². The van der Waals surface area contributed by atoms with E-state index in [1.807, 2.05) is 46.5 Å². The zero-order valence-corrected chi connectivity index (χ0v) is 11.2. The largest absolute Gasteiger partial charge is 0.468 e. The average Bonchev–Trinajstić information content (AvgIpc) is 3.22. The van der Waals surface area contributed by atoms with Gasteiger partial charge in [-0.25, -0.2) is 20.6 Å². The molecule has 0 spiro atoms. The van der Waals surface area contributed by atoms with Gasteiger partial charge in [-0.3, -0.25) is 4.98 Å². The summed E-state index contributed by atoms with van der Waals surface area (Å²) in [4.78, 5) is 8.73. The molecule has 1 aliphatic heterocycles. The second-order valence-corrected chi connectivity index (χ2v) is 4.75. The Balaban J connectivity index is 1.43. The van der Waals surface area contributed by atoms with E-state index >= 15 is 0 Å². The van der Waals surface area contributed by atoms with Gasteiger partial charge >= 0.3 is 0 Å². The SMILES string of the molecule is c1cncc(-c2cn3c(n2)CN(NCc2ccco2)N3)c1. The number of nitrogens with zero attached hydrogens (tertiary/aromatic N) is 4. The number of imidazole rings is 1. The van der Waals surface area contributed by atoms with Gasteiger partial charge in [0.15, 0.2) is 0 Å². The third kappa shape index (κ3) is 2.39. The Morgan fingerprint density at radius 3 is 3.10 bits per heavy atom. The van der Waals surface area contributed by atoms with Crippen LogP contribution in [0.2, 0.25) is 0 Å². The standard InChI is InChI=1S/C14H14N6O/c1-3-11(7-15-5-1)13-9-19-14(17-13)10-20(18-19)16-8-12-4-2-6-21-12/h1-7,9,16,18H,8,10H2. The Morgan fingerprint density at radius 1 is 1.33 bits per heavy atom. The molecule has 0 unspecified atom stereocenters. The van der Waals surface area contributed by atoms with Crippen molar-refractivity contribution in [1.29, 1.82) is 0 Å². The minimum Gasteiger partial charge on any atom is -0.468 e. The lowest BCUT2D eigenvalue weighted by Gasteiger charge is -2.16. The molecule has 0 saturated heterocycles. The van der Waals surface area contributed by atoms with E-state index < -0.39 is 0 Å². The highest BCUT2D eigenvalue weighted by atomic mass is 16.3. The fraction of sp³-hybridized carbons (Fsp3) is 0.143. The van der Waals surface area contributed by atoms with E-state index in [0.29, 0.717) is 13.1 Å². The number of hydrogen-bond acceptors (Lipinski definition) is 6. The maximum Gasteiger partial charge on any atom is 0.147 e. The second-order valence-electron chi connectivity index (χ2n) is 4.75. The predicted molar refractivity (Wildman–Crippen MR) is 75.9 cm³/mol. The quantitative estimate of drug-likeness (QED) is 0.756. The molecule has 4 rings (SSSR count). The van der Waals surface area contributed by atoms with Crippen molar-refractivity contribution in [3.63, 3.8) is 0 Å². The van der Waals surface area contributed by atoms with Gasteiger partial charge in [0.05, 0.1) is 31.2 Å². The van der Waals surface area contributed by atoms with Crippen molar-refractivity contribution in [3.8, 4) is 11.3 Å². The Morgan fingerprint density at radius 2 is 2.33 bits per heavy atom. The molecule has 106 valence electrons. The number of hydrogen-bond donors (Lipinski definition) is 2. The van der Waals surface area contributed by atoms with Crippen LogP contribution in [0.3, 0.4) is 0 Å². The van der Waals surface area contributed by atoms with Gasteiger partial charge in [0.2, 0.25) is 0 Å². The van der Waals surface area contributed by atoms with E-state index in [9.17, 15) is 0 Å². The molecule has 2 N–H and O–H groups in total. The number of nitrogens with one attached hydrogen (secondary N) is 2. The highest BCUT2D eigenvalue weighted by Crippen LogP contribution is 2.19. The molecule has 3 aromatic heterocycles. The minimum atomic E-state index is 0.625. The van der Waals surface area contributed by atoms with Gasteiger partial charge in [-0.05, 0) is 24.3 Å². The van der Waals surface area contributed by atoms with Gasteiger partial charge < -0.3 is 4.42 Å². The van der Waals surface area contributed by atoms with Crippen LogP contribution in [0.1, 0.15) is 11.6 Å². The van der Waals surface area contributed by atoms with Crippen LogP contribution in [0.5, 0.6) is 0 Å². The summed E-state index contributed by atoms with van der Waals surface area (Å²) in [6, 6.07) is 7.71. The van der Waals surface area contributed by atoms with Crippen LogP contribution in [0.15, 0.2) is 53.5 Å². The normalized spacial score (nSPS) is 14.1. The van der Waals surface area contributed by atoms with Gasteiger partial charge in [0.25, 0.3) is 0 Å². The molecule has 3 aromatic rings. The van der Waals surface area contributed by atoms with Crippen LogP contribution in [0.25, 0.3) is 11.3 Å². The molecule has 0 atom stereocenters. The predicted octanol–water partition coefficient (Wildman–Crippen LogP) is 1.52. The van der Waals surface area contributed by atoms with Gasteiger partial charge in [-0.1, -0.05) is 0 Å². The monoisotopic (exact) mass is 282 g/mol. The summed E-state index contributed by atoms with van der Waals surface area (Å²) in [5.41, 5.74) is 8.36. The molecule has 0 radical (unpaired) electrons. The zero-order valence-electron chi connectivity index (χ0n) is 11.2. The number of fused-ring (bicyclic) bond motifs is 1. The second kappa shape index (κ2) is 5.04. The van der Waals surface area contributed by atoms with Crippen molar-refractivity contribution < 1.29 is 4.42 Å². The molecule has 0 amide bonds. The third-order valence-corrected chi connectivity index (χ3v) is 3.29. The summed E-state index contributed by atoms with van der Waals surface area (Å²) in [7, 11) is 0. The van der Waals surface area contributed by atoms with E-state index in [-0.39, 0.29) is 0 Å². The molecular weight excluding hydrogens is 268 g/mol. The van der Waals surface area contributed by atoms with E-state index in [2.05, 4.69) is 20.9 Å². The lowest BCUT2D eigenvalue weighted by Crippen LogP contribution is -2.39. The third-order valence-electron chi connectivity index (χ3n) is 3.29. The molecular formula is C14H14N6O. The zero-order chi connectivity index (χ0) is 14.1. The molecule has 0 aliphatic carbocycles. The molecule has 4 heterocycles. The first kappa shape index (κ1) is 12.1. The van der Waals surface area contributed by atoms with E-state index in [0.717, 1.165) is 22.8 Å². The number of furan rings is 1. The van der Waals surface area contributed by atoms with Crippen LogP contribution in [0.4, 0.5) is 0 Å². The Kier molecular flexibility index (Phi) is 2.91. The molecule has 0 bridgehead atoms. The van der Waals surface area contributed by atoms with Crippen molar-refractivity contribution in [2.24, 2.45) is 0 Å². The van der Waals surface area contributed by atoms with Crippen LogP contribution < -0.4 is 11.0 Å². The minimum absolute atomic E-state index is 0.625. The van der Waals surface area contributed by atoms with Gasteiger partial charge in [0, 0.05) is 18.0 Å². The summed E-state index contributed by atoms with van der Waals surface area (Å²) in [6.07, 6.45) is 7.19. The van der Waals surface area contributed by atoms with E-state index in [1.165, 1.54) is 0 Å². The summed E-state index contributed by atoms with van der Waals surface area (Å²) < 4.78 is 7.18. The molecule has 0 saturated carbocycles. The number of pyridine rings is 1. The Bertz CT molecular complexity index is 698. The molecule has 1 aliphatic rings. The lowest BCUT2D eigenvalue weighted by molar-refractivity contribution is 0.212. The Hall–Kier alpha value is -2.64. The first-order valence-electron chi connectivity index (χ1n) is 6.67. The first-order valence-corrected chi connectivity index (χ1v) is 6.67. The smallest absolute Gasteiger partial charge is 0.147 e. The number of hydrazine groups is 2. The maximum atomic E-state index is 5.28. The summed E-state index contributed by atoms with van der Waals surface area (Å²) in [6.45, 7) is 1.29. The Labute approximate surface area is 121 Å². The maximum absolute atomic E-state index is 5.28. The van der Waals surface area contributed by atoms with Gasteiger partial charge in [-0.2, -0.15) is 0 Å². The van der Waals surface area contributed by atoms with E-state index in [4.69, 9.17) is 4.42 Å². The van der Waals surface area contributed by atoms with E-state index in [1.54, 1.807) is 12.5 Å². The summed E-state index contributed by atoms with van der Waals surface area (Å²) in [5.74, 6) is 1.83. The van der Waals surface area contributed by atoms with Crippen molar-refractivity contribution in [2.45, 2.75) is 13.1 Å². The van der Waals surface area contributed by atoms with Crippen LogP contribution in [-0.2, 0) is 13.1 Å². The van der Waals surface area contributed by atoms with Crippen LogP contribution in [0, 0.1) is 0 Å². The molecule has 7 heteroatoms. The van der Waals surface area contributed by atoms with Crippen LogP contribution in [-0.4, -0.2) is 19.8 Å². The van der Waals surface area contributed by atoms with Crippen molar-refractivity contribution >= 4 is 0 Å².